The maximum atomic E-state index is 11.8. The van der Waals surface area contributed by atoms with E-state index in [1.807, 2.05) is 19.9 Å². The molecule has 0 radical (unpaired) electrons. The van der Waals surface area contributed by atoms with E-state index in [4.69, 9.17) is 13.9 Å². The molecule has 0 saturated carbocycles. The Hall–Kier alpha value is -2.30. The molecule has 0 aliphatic carbocycles. The van der Waals surface area contributed by atoms with Crippen LogP contribution in [0, 0.1) is 13.8 Å². The minimum atomic E-state index is -0.671. The van der Waals surface area contributed by atoms with Crippen molar-refractivity contribution >= 4 is 16.9 Å². The predicted molar refractivity (Wildman–Crippen MR) is 83.3 cm³/mol. The topological polar surface area (TPSA) is 65.7 Å². The normalized spacial score (nSPS) is 12.2. The average molecular weight is 304 g/mol. The zero-order valence-electron chi connectivity index (χ0n) is 13.3. The van der Waals surface area contributed by atoms with Gasteiger partial charge in [0.2, 0.25) is 0 Å². The van der Waals surface area contributed by atoms with Crippen molar-refractivity contribution in [2.24, 2.45) is 0 Å². The van der Waals surface area contributed by atoms with Crippen LogP contribution in [0.15, 0.2) is 27.4 Å². The SMILES string of the molecule is CCOC(=O)[C@@H](CC)Oc1ccc2c(C)c(C)c(=O)oc2c1. The van der Waals surface area contributed by atoms with Gasteiger partial charge < -0.3 is 13.9 Å². The summed E-state index contributed by atoms with van der Waals surface area (Å²) < 4.78 is 15.9. The van der Waals surface area contributed by atoms with Crippen LogP contribution in [0.1, 0.15) is 31.4 Å². The molecule has 118 valence electrons. The van der Waals surface area contributed by atoms with Gasteiger partial charge in [-0.05, 0) is 44.9 Å². The average Bonchev–Trinajstić information content (AvgIpc) is 2.50. The fourth-order valence-corrected chi connectivity index (χ4v) is 2.20. The highest BCUT2D eigenvalue weighted by molar-refractivity contribution is 5.82. The molecule has 0 aliphatic rings. The van der Waals surface area contributed by atoms with Crippen LogP contribution in [0.5, 0.6) is 5.75 Å². The van der Waals surface area contributed by atoms with Crippen molar-refractivity contribution < 1.29 is 18.7 Å². The van der Waals surface area contributed by atoms with E-state index in [1.54, 1.807) is 26.0 Å². The molecule has 1 aromatic heterocycles. The smallest absolute Gasteiger partial charge is 0.347 e. The van der Waals surface area contributed by atoms with Crippen LogP contribution >= 0.6 is 0 Å². The van der Waals surface area contributed by atoms with Crippen molar-refractivity contribution in [3.05, 3.63) is 39.7 Å². The lowest BCUT2D eigenvalue weighted by Crippen LogP contribution is -2.28. The molecule has 22 heavy (non-hydrogen) atoms. The molecule has 0 amide bonds. The number of benzene rings is 1. The summed E-state index contributed by atoms with van der Waals surface area (Å²) in [6.07, 6.45) is -0.177. The zero-order chi connectivity index (χ0) is 16.3. The molecule has 0 saturated heterocycles. The number of esters is 1. The Morgan fingerprint density at radius 3 is 2.59 bits per heavy atom. The van der Waals surface area contributed by atoms with Crippen molar-refractivity contribution in [3.63, 3.8) is 0 Å². The van der Waals surface area contributed by atoms with E-state index in [0.29, 0.717) is 29.9 Å². The first kappa shape index (κ1) is 16.1. The standard InChI is InChI=1S/C17H20O5/c1-5-14(17(19)20-6-2)21-12-7-8-13-10(3)11(4)16(18)22-15(13)9-12/h7-9,14H,5-6H2,1-4H3/t14-/m1/s1. The molecule has 0 bridgehead atoms. The highest BCUT2D eigenvalue weighted by Gasteiger charge is 2.20. The molecule has 0 aliphatic heterocycles. The molecule has 0 N–H and O–H groups in total. The molecular formula is C17H20O5. The minimum Gasteiger partial charge on any atom is -0.479 e. The Balaban J connectivity index is 2.35. The summed E-state index contributed by atoms with van der Waals surface area (Å²) >= 11 is 0. The van der Waals surface area contributed by atoms with E-state index in [-0.39, 0.29) is 5.63 Å². The molecule has 2 rings (SSSR count). The Labute approximate surface area is 128 Å². The van der Waals surface area contributed by atoms with Crippen LogP contribution < -0.4 is 10.4 Å². The van der Waals surface area contributed by atoms with Crippen LogP contribution in [0.3, 0.4) is 0 Å². The summed E-state index contributed by atoms with van der Waals surface area (Å²) in [7, 11) is 0. The predicted octanol–water partition coefficient (Wildman–Crippen LogP) is 3.13. The van der Waals surface area contributed by atoms with E-state index in [2.05, 4.69) is 0 Å². The Kier molecular flexibility index (Phi) is 4.85. The third-order valence-corrected chi connectivity index (χ3v) is 3.63. The fourth-order valence-electron chi connectivity index (χ4n) is 2.20. The lowest BCUT2D eigenvalue weighted by Gasteiger charge is -2.16. The van der Waals surface area contributed by atoms with Crippen LogP contribution in [0.4, 0.5) is 0 Å². The largest absolute Gasteiger partial charge is 0.479 e. The Bertz CT molecular complexity index is 745. The van der Waals surface area contributed by atoms with Crippen LogP contribution in [-0.4, -0.2) is 18.7 Å². The molecule has 0 unspecified atom stereocenters. The summed E-state index contributed by atoms with van der Waals surface area (Å²) in [5.74, 6) is 0.0745. The van der Waals surface area contributed by atoms with Gasteiger partial charge in [0.25, 0.3) is 0 Å². The Morgan fingerprint density at radius 1 is 1.23 bits per heavy atom. The monoisotopic (exact) mass is 304 g/mol. The first-order chi connectivity index (χ1) is 10.5. The number of carbonyl (C=O) groups excluding carboxylic acids is 1. The van der Waals surface area contributed by atoms with Gasteiger partial charge >= 0.3 is 11.6 Å². The van der Waals surface area contributed by atoms with Crippen molar-refractivity contribution in [2.75, 3.05) is 6.61 Å². The maximum absolute atomic E-state index is 11.8. The molecule has 0 fully saturated rings. The molecular weight excluding hydrogens is 284 g/mol. The van der Waals surface area contributed by atoms with Gasteiger partial charge in [-0.1, -0.05) is 6.92 Å². The summed E-state index contributed by atoms with van der Waals surface area (Å²) in [6, 6.07) is 5.22. The van der Waals surface area contributed by atoms with Crippen LogP contribution in [0.2, 0.25) is 0 Å². The van der Waals surface area contributed by atoms with Crippen molar-refractivity contribution in [1.82, 2.24) is 0 Å². The number of hydrogen-bond acceptors (Lipinski definition) is 5. The quantitative estimate of drug-likeness (QED) is 0.627. The van der Waals surface area contributed by atoms with Gasteiger partial charge in [-0.3, -0.25) is 0 Å². The van der Waals surface area contributed by atoms with Gasteiger partial charge in [0.05, 0.1) is 6.61 Å². The molecule has 1 atom stereocenters. The van der Waals surface area contributed by atoms with E-state index < -0.39 is 12.1 Å². The summed E-state index contributed by atoms with van der Waals surface area (Å²) in [6.45, 7) is 7.52. The van der Waals surface area contributed by atoms with Crippen LogP contribution in [0.25, 0.3) is 11.0 Å². The minimum absolute atomic E-state index is 0.309. The van der Waals surface area contributed by atoms with Gasteiger partial charge in [-0.2, -0.15) is 0 Å². The zero-order valence-corrected chi connectivity index (χ0v) is 13.3. The number of aryl methyl sites for hydroxylation is 1. The second-order valence-corrected chi connectivity index (χ2v) is 5.06. The molecule has 0 spiro atoms. The van der Waals surface area contributed by atoms with E-state index in [9.17, 15) is 9.59 Å². The highest BCUT2D eigenvalue weighted by atomic mass is 16.6. The first-order valence-corrected chi connectivity index (χ1v) is 7.35. The number of hydrogen-bond donors (Lipinski definition) is 0. The van der Waals surface area contributed by atoms with E-state index in [0.717, 1.165) is 10.9 Å². The molecule has 1 aromatic carbocycles. The highest BCUT2D eigenvalue weighted by Crippen LogP contribution is 2.25. The third kappa shape index (κ3) is 3.13. The second kappa shape index (κ2) is 6.64. The van der Waals surface area contributed by atoms with Gasteiger partial charge in [-0.25, -0.2) is 9.59 Å². The van der Waals surface area contributed by atoms with Crippen molar-refractivity contribution in [2.45, 2.75) is 40.2 Å². The fraction of sp³-hybridized carbons (Fsp3) is 0.412. The second-order valence-electron chi connectivity index (χ2n) is 5.06. The van der Waals surface area contributed by atoms with Gasteiger partial charge in [-0.15, -0.1) is 0 Å². The van der Waals surface area contributed by atoms with Gasteiger partial charge in [0, 0.05) is 17.0 Å². The number of fused-ring (bicyclic) bond motifs is 1. The molecule has 5 nitrogen and oxygen atoms in total. The van der Waals surface area contributed by atoms with Crippen molar-refractivity contribution in [3.8, 4) is 5.75 Å². The third-order valence-electron chi connectivity index (χ3n) is 3.63. The Morgan fingerprint density at radius 2 is 1.95 bits per heavy atom. The summed E-state index contributed by atoms with van der Waals surface area (Å²) in [5.41, 5.74) is 1.57. The number of rotatable bonds is 5. The molecule has 1 heterocycles. The van der Waals surface area contributed by atoms with Crippen LogP contribution in [-0.2, 0) is 9.53 Å². The van der Waals surface area contributed by atoms with Crippen molar-refractivity contribution in [1.29, 1.82) is 0 Å². The van der Waals surface area contributed by atoms with E-state index in [1.165, 1.54) is 0 Å². The van der Waals surface area contributed by atoms with Gasteiger partial charge in [0.1, 0.15) is 11.3 Å². The first-order valence-electron chi connectivity index (χ1n) is 7.35. The van der Waals surface area contributed by atoms with E-state index >= 15 is 0 Å². The maximum Gasteiger partial charge on any atom is 0.347 e. The lowest BCUT2D eigenvalue weighted by atomic mass is 10.1. The summed E-state index contributed by atoms with van der Waals surface area (Å²) in [5, 5.41) is 0.855. The molecule has 2 aromatic rings. The number of carbonyl (C=O) groups is 1. The lowest BCUT2D eigenvalue weighted by molar-refractivity contribution is -0.151. The van der Waals surface area contributed by atoms with Gasteiger partial charge in [0.15, 0.2) is 6.10 Å². The molecule has 5 heteroatoms. The summed E-state index contributed by atoms with van der Waals surface area (Å²) in [4.78, 5) is 23.5. The number of ether oxygens (including phenoxy) is 2.